The number of Topliss-reactive ketones (excluding diaryl/α,β-unsaturated/α-hetero) is 1. The van der Waals surface area contributed by atoms with Gasteiger partial charge in [0.1, 0.15) is 12.3 Å². The number of ether oxygens (including phenoxy) is 2. The molecule has 0 atom stereocenters. The maximum Gasteiger partial charge on any atom is 0.321 e. The molecule has 0 spiro atoms. The Morgan fingerprint density at radius 2 is 1.67 bits per heavy atom. The Morgan fingerprint density at radius 1 is 1.04 bits per heavy atom. The highest BCUT2D eigenvalue weighted by Gasteiger charge is 2.17. The highest BCUT2D eigenvalue weighted by molar-refractivity contribution is 7.89. The number of hydrogen-bond donors (Lipinski definition) is 1. The van der Waals surface area contributed by atoms with E-state index in [0.29, 0.717) is 22.9 Å². The number of carbonyl (C=O) groups is 2. The van der Waals surface area contributed by atoms with Gasteiger partial charge in [-0.25, -0.2) is 8.42 Å². The molecule has 2 aromatic rings. The molecule has 1 N–H and O–H groups in total. The number of halogens is 1. The van der Waals surface area contributed by atoms with Gasteiger partial charge >= 0.3 is 5.97 Å². The second-order valence-electron chi connectivity index (χ2n) is 5.32. The van der Waals surface area contributed by atoms with Gasteiger partial charge in [-0.2, -0.15) is 4.72 Å². The molecule has 27 heavy (non-hydrogen) atoms. The molecule has 0 radical (unpaired) electrons. The first-order chi connectivity index (χ1) is 12.8. The van der Waals surface area contributed by atoms with Gasteiger partial charge in [0.2, 0.25) is 10.0 Å². The molecule has 0 bridgehead atoms. The molecule has 0 amide bonds. The average molecular weight is 412 g/mol. The summed E-state index contributed by atoms with van der Waals surface area (Å²) < 4.78 is 36.5. The van der Waals surface area contributed by atoms with Crippen LogP contribution in [0.25, 0.3) is 0 Å². The first-order valence-corrected chi connectivity index (χ1v) is 9.85. The first kappa shape index (κ1) is 20.9. The lowest BCUT2D eigenvalue weighted by atomic mass is 10.1. The molecule has 0 aliphatic rings. The lowest BCUT2D eigenvalue weighted by molar-refractivity contribution is -0.141. The van der Waals surface area contributed by atoms with Crippen LogP contribution in [-0.2, 0) is 19.6 Å². The van der Waals surface area contributed by atoms with Crippen LogP contribution in [0.2, 0.25) is 5.02 Å². The Balaban J connectivity index is 1.84. The van der Waals surface area contributed by atoms with Crippen molar-refractivity contribution in [3.63, 3.8) is 0 Å². The normalized spacial score (nSPS) is 11.0. The molecular formula is C18H18ClNO6S. The van der Waals surface area contributed by atoms with Gasteiger partial charge in [-0.05, 0) is 55.5 Å². The predicted octanol–water partition coefficient (Wildman–Crippen LogP) is 2.44. The van der Waals surface area contributed by atoms with Crippen LogP contribution in [0.1, 0.15) is 17.3 Å². The SMILES string of the molecule is CCOc1ccc(S(=O)(=O)NCC(=O)OCC(=O)c2ccc(Cl)cc2)cc1. The highest BCUT2D eigenvalue weighted by atomic mass is 35.5. The molecule has 144 valence electrons. The number of nitrogens with one attached hydrogen (secondary N) is 1. The van der Waals surface area contributed by atoms with E-state index >= 15 is 0 Å². The van der Waals surface area contributed by atoms with Crippen LogP contribution in [0.3, 0.4) is 0 Å². The summed E-state index contributed by atoms with van der Waals surface area (Å²) in [5, 5.41) is 0.479. The Bertz CT molecular complexity index is 894. The van der Waals surface area contributed by atoms with Crippen molar-refractivity contribution in [2.45, 2.75) is 11.8 Å². The second kappa shape index (κ2) is 9.50. The van der Waals surface area contributed by atoms with E-state index in [1.165, 1.54) is 36.4 Å². The third-order valence-electron chi connectivity index (χ3n) is 3.38. The number of carbonyl (C=O) groups excluding carboxylic acids is 2. The molecule has 0 heterocycles. The molecule has 0 fully saturated rings. The maximum atomic E-state index is 12.2. The summed E-state index contributed by atoms with van der Waals surface area (Å²) in [6.45, 7) is 1.19. The monoisotopic (exact) mass is 411 g/mol. The highest BCUT2D eigenvalue weighted by Crippen LogP contribution is 2.15. The van der Waals surface area contributed by atoms with Gasteiger partial charge in [0.25, 0.3) is 0 Å². The number of benzene rings is 2. The number of ketones is 1. The summed E-state index contributed by atoms with van der Waals surface area (Å²) >= 11 is 5.73. The molecule has 7 nitrogen and oxygen atoms in total. The Kier molecular flexibility index (Phi) is 7.35. The zero-order chi connectivity index (χ0) is 19.9. The number of rotatable bonds is 9. The van der Waals surface area contributed by atoms with Crippen molar-refractivity contribution in [3.8, 4) is 5.75 Å². The van der Waals surface area contributed by atoms with E-state index in [2.05, 4.69) is 4.72 Å². The standard InChI is InChI=1S/C18H18ClNO6S/c1-2-25-15-7-9-16(10-8-15)27(23,24)20-11-18(22)26-12-17(21)13-3-5-14(19)6-4-13/h3-10,20H,2,11-12H2,1H3. The molecule has 0 aromatic heterocycles. The van der Waals surface area contributed by atoms with E-state index in [1.807, 2.05) is 6.92 Å². The third kappa shape index (κ3) is 6.35. The fourth-order valence-corrected chi connectivity index (χ4v) is 3.13. The molecule has 0 unspecified atom stereocenters. The van der Waals surface area contributed by atoms with Crippen LogP contribution in [-0.4, -0.2) is 39.9 Å². The topological polar surface area (TPSA) is 98.8 Å². The van der Waals surface area contributed by atoms with E-state index in [-0.39, 0.29) is 4.90 Å². The van der Waals surface area contributed by atoms with Crippen molar-refractivity contribution in [3.05, 3.63) is 59.1 Å². The first-order valence-electron chi connectivity index (χ1n) is 7.98. The largest absolute Gasteiger partial charge is 0.494 e. The number of sulfonamides is 1. The summed E-state index contributed by atoms with van der Waals surface area (Å²) in [5.41, 5.74) is 0.335. The summed E-state index contributed by atoms with van der Waals surface area (Å²) in [6.07, 6.45) is 0. The summed E-state index contributed by atoms with van der Waals surface area (Å²) in [4.78, 5) is 23.6. The third-order valence-corrected chi connectivity index (χ3v) is 5.05. The van der Waals surface area contributed by atoms with Gasteiger partial charge in [-0.1, -0.05) is 11.6 Å². The van der Waals surface area contributed by atoms with E-state index < -0.39 is 34.9 Å². The van der Waals surface area contributed by atoms with Crippen LogP contribution < -0.4 is 9.46 Å². The Hall–Kier alpha value is -2.42. The smallest absolute Gasteiger partial charge is 0.321 e. The Morgan fingerprint density at radius 3 is 2.26 bits per heavy atom. The zero-order valence-corrected chi connectivity index (χ0v) is 16.0. The molecule has 0 aliphatic heterocycles. The lowest BCUT2D eigenvalue weighted by Gasteiger charge is -2.08. The molecular weight excluding hydrogens is 394 g/mol. The maximum absolute atomic E-state index is 12.2. The van der Waals surface area contributed by atoms with Crippen LogP contribution in [0, 0.1) is 0 Å². The van der Waals surface area contributed by atoms with Gasteiger partial charge in [0.05, 0.1) is 11.5 Å². The van der Waals surface area contributed by atoms with Gasteiger partial charge in [0.15, 0.2) is 12.4 Å². The number of hydrogen-bond acceptors (Lipinski definition) is 6. The van der Waals surface area contributed by atoms with Gasteiger partial charge < -0.3 is 9.47 Å². The minimum absolute atomic E-state index is 0.0176. The molecule has 2 aromatic carbocycles. The van der Waals surface area contributed by atoms with Crippen LogP contribution in [0.5, 0.6) is 5.75 Å². The lowest BCUT2D eigenvalue weighted by Crippen LogP contribution is -2.31. The van der Waals surface area contributed by atoms with E-state index in [0.717, 1.165) is 0 Å². The molecule has 9 heteroatoms. The van der Waals surface area contributed by atoms with Crippen LogP contribution in [0.4, 0.5) is 0 Å². The average Bonchev–Trinajstić information content (AvgIpc) is 2.66. The second-order valence-corrected chi connectivity index (χ2v) is 7.52. The fraction of sp³-hybridized carbons (Fsp3) is 0.222. The van der Waals surface area contributed by atoms with Crippen molar-refractivity contribution < 1.29 is 27.5 Å². The Labute approximate surface area is 162 Å². The van der Waals surface area contributed by atoms with Gasteiger partial charge in [0, 0.05) is 10.6 Å². The van der Waals surface area contributed by atoms with Crippen LogP contribution in [0.15, 0.2) is 53.4 Å². The molecule has 2 rings (SSSR count). The van der Waals surface area contributed by atoms with Crippen molar-refractivity contribution in [2.75, 3.05) is 19.8 Å². The molecule has 0 saturated heterocycles. The van der Waals surface area contributed by atoms with Crippen molar-refractivity contribution in [2.24, 2.45) is 0 Å². The predicted molar refractivity (Wildman–Crippen MR) is 99.5 cm³/mol. The van der Waals surface area contributed by atoms with Gasteiger partial charge in [-0.3, -0.25) is 9.59 Å². The minimum atomic E-state index is -3.89. The molecule has 0 saturated carbocycles. The van der Waals surface area contributed by atoms with E-state index in [4.69, 9.17) is 21.1 Å². The molecule has 0 aliphatic carbocycles. The van der Waals surface area contributed by atoms with Crippen LogP contribution >= 0.6 is 11.6 Å². The van der Waals surface area contributed by atoms with Gasteiger partial charge in [-0.15, -0.1) is 0 Å². The minimum Gasteiger partial charge on any atom is -0.494 e. The summed E-state index contributed by atoms with van der Waals surface area (Å²) in [6, 6.07) is 11.9. The quantitative estimate of drug-likeness (QED) is 0.502. The van der Waals surface area contributed by atoms with Crippen molar-refractivity contribution in [1.82, 2.24) is 4.72 Å². The summed E-state index contributed by atoms with van der Waals surface area (Å²) in [7, 11) is -3.89. The number of esters is 1. The van der Waals surface area contributed by atoms with Crippen molar-refractivity contribution >= 4 is 33.4 Å². The summed E-state index contributed by atoms with van der Waals surface area (Å²) in [5.74, 6) is -0.752. The van der Waals surface area contributed by atoms with Crippen molar-refractivity contribution in [1.29, 1.82) is 0 Å². The van der Waals surface area contributed by atoms with E-state index in [1.54, 1.807) is 12.1 Å². The zero-order valence-electron chi connectivity index (χ0n) is 14.5. The van der Waals surface area contributed by atoms with E-state index in [9.17, 15) is 18.0 Å². The fourth-order valence-electron chi connectivity index (χ4n) is 2.04.